The number of aromatic nitrogens is 3. The highest BCUT2D eigenvalue weighted by molar-refractivity contribution is 9.10. The van der Waals surface area contributed by atoms with Gasteiger partial charge < -0.3 is 16.0 Å². The minimum Gasteiger partial charge on any atom is -0.348 e. The van der Waals surface area contributed by atoms with Crippen LogP contribution in [0.4, 0.5) is 5.69 Å². The molecule has 0 bridgehead atoms. The summed E-state index contributed by atoms with van der Waals surface area (Å²) in [5.74, 6) is 0.754. The molecular weight excluding hydrogens is 552 g/mol. The van der Waals surface area contributed by atoms with Crippen LogP contribution in [0.3, 0.4) is 0 Å². The predicted molar refractivity (Wildman–Crippen MR) is 160 cm³/mol. The fourth-order valence-electron chi connectivity index (χ4n) is 4.95. The minimum atomic E-state index is -0.320. The molecule has 0 unspecified atom stereocenters. The van der Waals surface area contributed by atoms with Crippen LogP contribution in [-0.2, 0) is 25.2 Å². The molecule has 0 aliphatic heterocycles. The molecule has 8 heteroatoms. The Labute approximate surface area is 239 Å². The number of hydrogen-bond donors (Lipinski definition) is 3. The van der Waals surface area contributed by atoms with Gasteiger partial charge in [-0.25, -0.2) is 9.97 Å². The number of halogens is 1. The Balaban J connectivity index is 1.40. The SMILES string of the molecule is CCCC(N)(CCC)c1ccc(NC(=O)c2ccc(CN(Cc3cccc(Br)n3)Cc3ncc[nH]3)cc2)cc1. The summed E-state index contributed by atoms with van der Waals surface area (Å²) in [6, 6.07) is 21.6. The maximum atomic E-state index is 12.9. The summed E-state index contributed by atoms with van der Waals surface area (Å²) in [4.78, 5) is 27.4. The number of H-pyrrole nitrogens is 1. The molecule has 0 spiro atoms. The highest BCUT2D eigenvalue weighted by Crippen LogP contribution is 2.30. The zero-order chi connectivity index (χ0) is 27.7. The molecule has 1 amide bonds. The Bertz CT molecular complexity index is 1320. The highest BCUT2D eigenvalue weighted by atomic mass is 79.9. The Kier molecular flexibility index (Phi) is 10.0. The molecule has 204 valence electrons. The molecular formula is C31H37BrN6O. The summed E-state index contributed by atoms with van der Waals surface area (Å²) in [6.45, 7) is 6.33. The second kappa shape index (κ2) is 13.6. The molecule has 0 atom stereocenters. The Morgan fingerprint density at radius 1 is 0.974 bits per heavy atom. The van der Waals surface area contributed by atoms with Crippen molar-refractivity contribution in [1.29, 1.82) is 0 Å². The molecule has 0 radical (unpaired) electrons. The van der Waals surface area contributed by atoms with Crippen molar-refractivity contribution < 1.29 is 4.79 Å². The fraction of sp³-hybridized carbons (Fsp3) is 0.323. The van der Waals surface area contributed by atoms with E-state index in [1.165, 1.54) is 0 Å². The Hall–Kier alpha value is -3.33. The van der Waals surface area contributed by atoms with Crippen molar-refractivity contribution in [3.63, 3.8) is 0 Å². The van der Waals surface area contributed by atoms with Gasteiger partial charge >= 0.3 is 0 Å². The monoisotopic (exact) mass is 588 g/mol. The molecule has 39 heavy (non-hydrogen) atoms. The summed E-state index contributed by atoms with van der Waals surface area (Å²) in [7, 11) is 0. The van der Waals surface area contributed by atoms with Gasteiger partial charge in [-0.2, -0.15) is 0 Å². The molecule has 4 aromatic rings. The maximum absolute atomic E-state index is 12.9. The predicted octanol–water partition coefficient (Wildman–Crippen LogP) is 6.78. The van der Waals surface area contributed by atoms with Crippen LogP contribution in [0.25, 0.3) is 0 Å². The number of nitrogens with zero attached hydrogens (tertiary/aromatic N) is 3. The quantitative estimate of drug-likeness (QED) is 0.149. The van der Waals surface area contributed by atoms with Crippen LogP contribution in [0.15, 0.2) is 83.7 Å². The van der Waals surface area contributed by atoms with E-state index in [9.17, 15) is 4.79 Å². The molecule has 4 N–H and O–H groups in total. The number of anilines is 1. The number of amides is 1. The molecule has 4 rings (SSSR count). The standard InChI is InChI=1S/C31H37BrN6O/c1-3-16-31(33,17-4-2)25-12-14-26(15-13-25)37-30(39)24-10-8-23(9-11-24)20-38(22-29-34-18-19-35-29)21-27-6-5-7-28(32)36-27/h5-15,18-19H,3-4,16-17,20-22,33H2,1-2H3,(H,34,35)(H,37,39). The molecule has 0 fully saturated rings. The average molecular weight is 590 g/mol. The topological polar surface area (TPSA) is 99.9 Å². The number of carbonyl (C=O) groups is 1. The molecule has 0 aliphatic carbocycles. The van der Waals surface area contributed by atoms with E-state index in [2.05, 4.69) is 54.9 Å². The van der Waals surface area contributed by atoms with Gasteiger partial charge in [0.1, 0.15) is 10.4 Å². The van der Waals surface area contributed by atoms with Gasteiger partial charge in [0.25, 0.3) is 5.91 Å². The van der Waals surface area contributed by atoms with Gasteiger partial charge in [0.15, 0.2) is 0 Å². The number of aromatic amines is 1. The van der Waals surface area contributed by atoms with Crippen molar-refractivity contribution >= 4 is 27.5 Å². The van der Waals surface area contributed by atoms with E-state index >= 15 is 0 Å². The van der Waals surface area contributed by atoms with Crippen LogP contribution >= 0.6 is 15.9 Å². The van der Waals surface area contributed by atoms with Gasteiger partial charge in [0.05, 0.1) is 12.2 Å². The Morgan fingerprint density at radius 2 is 1.69 bits per heavy atom. The first kappa shape index (κ1) is 28.7. The molecule has 2 aromatic heterocycles. The number of benzene rings is 2. The molecule has 7 nitrogen and oxygen atoms in total. The van der Waals surface area contributed by atoms with Gasteiger partial charge in [-0.05, 0) is 76.3 Å². The average Bonchev–Trinajstić information content (AvgIpc) is 3.43. The van der Waals surface area contributed by atoms with Crippen LogP contribution in [0.2, 0.25) is 0 Å². The lowest BCUT2D eigenvalue weighted by Crippen LogP contribution is -2.36. The summed E-state index contributed by atoms with van der Waals surface area (Å²) in [6.07, 6.45) is 7.54. The van der Waals surface area contributed by atoms with Gasteiger partial charge in [-0.1, -0.05) is 57.0 Å². The maximum Gasteiger partial charge on any atom is 0.255 e. The second-order valence-electron chi connectivity index (χ2n) is 10.0. The van der Waals surface area contributed by atoms with E-state index in [-0.39, 0.29) is 11.4 Å². The van der Waals surface area contributed by atoms with Crippen LogP contribution in [0.5, 0.6) is 0 Å². The lowest BCUT2D eigenvalue weighted by Gasteiger charge is -2.29. The van der Waals surface area contributed by atoms with Gasteiger partial charge in [0, 0.05) is 42.3 Å². The smallest absolute Gasteiger partial charge is 0.255 e. The zero-order valence-corrected chi connectivity index (χ0v) is 24.2. The van der Waals surface area contributed by atoms with Crippen LogP contribution in [0, 0.1) is 0 Å². The number of imidazole rings is 1. The number of pyridine rings is 1. The van der Waals surface area contributed by atoms with E-state index in [4.69, 9.17) is 5.73 Å². The van der Waals surface area contributed by atoms with Crippen molar-refractivity contribution in [3.05, 3.63) is 112 Å². The summed E-state index contributed by atoms with van der Waals surface area (Å²) in [5, 5.41) is 3.01. The van der Waals surface area contributed by atoms with Gasteiger partial charge in [-0.15, -0.1) is 0 Å². The summed E-state index contributed by atoms with van der Waals surface area (Å²) >= 11 is 3.46. The van der Waals surface area contributed by atoms with E-state index in [1.54, 1.807) is 6.20 Å². The third-order valence-corrected chi connectivity index (χ3v) is 7.26. The van der Waals surface area contributed by atoms with E-state index in [0.717, 1.165) is 58.6 Å². The number of nitrogens with two attached hydrogens (primary N) is 1. The summed E-state index contributed by atoms with van der Waals surface area (Å²) in [5.41, 5.74) is 11.0. The first-order valence-electron chi connectivity index (χ1n) is 13.5. The van der Waals surface area contributed by atoms with Crippen LogP contribution < -0.4 is 11.1 Å². The number of hydrogen-bond acceptors (Lipinski definition) is 5. The van der Waals surface area contributed by atoms with Crippen molar-refractivity contribution in [2.75, 3.05) is 5.32 Å². The van der Waals surface area contributed by atoms with Crippen molar-refractivity contribution in [2.24, 2.45) is 5.73 Å². The fourth-order valence-corrected chi connectivity index (χ4v) is 5.33. The molecule has 0 saturated heterocycles. The van der Waals surface area contributed by atoms with Gasteiger partial charge in [0.2, 0.25) is 0 Å². The zero-order valence-electron chi connectivity index (χ0n) is 22.7. The second-order valence-corrected chi connectivity index (χ2v) is 10.8. The number of carbonyl (C=O) groups excluding carboxylic acids is 1. The minimum absolute atomic E-state index is 0.138. The molecule has 2 aromatic carbocycles. The van der Waals surface area contributed by atoms with Crippen molar-refractivity contribution in [3.8, 4) is 0 Å². The number of nitrogens with one attached hydrogen (secondary N) is 2. The third-order valence-electron chi connectivity index (χ3n) is 6.82. The lowest BCUT2D eigenvalue weighted by atomic mass is 9.83. The number of rotatable bonds is 13. The largest absolute Gasteiger partial charge is 0.348 e. The third kappa shape index (κ3) is 8.08. The van der Waals surface area contributed by atoms with E-state index in [1.807, 2.05) is 72.9 Å². The Morgan fingerprint density at radius 3 is 2.31 bits per heavy atom. The lowest BCUT2D eigenvalue weighted by molar-refractivity contribution is 0.102. The van der Waals surface area contributed by atoms with Crippen LogP contribution in [0.1, 0.15) is 72.5 Å². The van der Waals surface area contributed by atoms with Crippen molar-refractivity contribution in [1.82, 2.24) is 19.9 Å². The molecule has 0 aliphatic rings. The molecule has 0 saturated carbocycles. The normalized spacial score (nSPS) is 11.6. The van der Waals surface area contributed by atoms with Gasteiger partial charge in [-0.3, -0.25) is 9.69 Å². The van der Waals surface area contributed by atoms with Crippen molar-refractivity contribution in [2.45, 2.75) is 64.7 Å². The first-order chi connectivity index (χ1) is 18.9. The van der Waals surface area contributed by atoms with Crippen LogP contribution in [-0.4, -0.2) is 25.8 Å². The van der Waals surface area contributed by atoms with E-state index in [0.29, 0.717) is 25.2 Å². The highest BCUT2D eigenvalue weighted by Gasteiger charge is 2.25. The van der Waals surface area contributed by atoms with E-state index < -0.39 is 0 Å². The summed E-state index contributed by atoms with van der Waals surface area (Å²) < 4.78 is 0.812. The molecule has 2 heterocycles. The first-order valence-corrected chi connectivity index (χ1v) is 14.3.